The third-order valence-corrected chi connectivity index (χ3v) is 3.68. The summed E-state index contributed by atoms with van der Waals surface area (Å²) < 4.78 is 19.5. The Morgan fingerprint density at radius 1 is 1.44 bits per heavy atom. The van der Waals surface area contributed by atoms with Gasteiger partial charge in [-0.1, -0.05) is 15.9 Å². The van der Waals surface area contributed by atoms with Crippen molar-refractivity contribution in [1.82, 2.24) is 4.90 Å². The number of carbonyl (C=O) groups excluding carboxylic acids is 1. The molecule has 1 saturated heterocycles. The molecule has 0 radical (unpaired) electrons. The largest absolute Gasteiger partial charge is 0.468 e. The Kier molecular flexibility index (Phi) is 4.35. The number of hydrogen-bond acceptors (Lipinski definition) is 3. The van der Waals surface area contributed by atoms with Gasteiger partial charge in [-0.3, -0.25) is 4.90 Å². The van der Waals surface area contributed by atoms with Gasteiger partial charge in [0.1, 0.15) is 11.9 Å². The quantitative estimate of drug-likeness (QED) is 0.803. The van der Waals surface area contributed by atoms with E-state index in [4.69, 9.17) is 4.74 Å². The highest BCUT2D eigenvalue weighted by Crippen LogP contribution is 2.30. The third-order valence-electron chi connectivity index (χ3n) is 3.18. The molecular formula is C13H15BrFNO2. The van der Waals surface area contributed by atoms with Gasteiger partial charge in [0.25, 0.3) is 0 Å². The molecule has 0 amide bonds. The molecule has 98 valence electrons. The van der Waals surface area contributed by atoms with Crippen molar-refractivity contribution in [3.05, 3.63) is 34.1 Å². The minimum Gasteiger partial charge on any atom is -0.468 e. The maximum Gasteiger partial charge on any atom is 0.327 e. The summed E-state index contributed by atoms with van der Waals surface area (Å²) in [7, 11) is 1.33. The Bertz CT molecular complexity index is 447. The van der Waals surface area contributed by atoms with Gasteiger partial charge in [-0.25, -0.2) is 9.18 Å². The van der Waals surface area contributed by atoms with E-state index < -0.39 is 12.0 Å². The molecule has 1 aliphatic heterocycles. The molecule has 0 bridgehead atoms. The van der Waals surface area contributed by atoms with E-state index in [2.05, 4.69) is 15.9 Å². The second-order valence-corrected chi connectivity index (χ2v) is 5.25. The molecule has 1 aromatic carbocycles. The summed E-state index contributed by atoms with van der Waals surface area (Å²) in [6, 6.07) is 3.99. The summed E-state index contributed by atoms with van der Waals surface area (Å²) >= 11 is 3.31. The van der Waals surface area contributed by atoms with Crippen LogP contribution in [0, 0.1) is 5.82 Å². The first-order chi connectivity index (χ1) is 8.63. The predicted octanol–water partition coefficient (Wildman–Crippen LogP) is 2.90. The topological polar surface area (TPSA) is 29.5 Å². The average Bonchev–Trinajstić information content (AvgIpc) is 2.87. The summed E-state index contributed by atoms with van der Waals surface area (Å²) in [6.45, 7) is 1.59. The van der Waals surface area contributed by atoms with Gasteiger partial charge in [0, 0.05) is 10.0 Å². The fourth-order valence-electron chi connectivity index (χ4n) is 2.31. The first kappa shape index (κ1) is 13.5. The maximum atomic E-state index is 13.9. The van der Waals surface area contributed by atoms with Crippen LogP contribution in [0.1, 0.15) is 24.4 Å². The molecule has 1 fully saturated rings. The molecule has 0 saturated carbocycles. The average molecular weight is 316 g/mol. The van der Waals surface area contributed by atoms with Gasteiger partial charge in [-0.15, -0.1) is 0 Å². The van der Waals surface area contributed by atoms with Crippen LogP contribution >= 0.6 is 15.9 Å². The zero-order chi connectivity index (χ0) is 13.1. The van der Waals surface area contributed by atoms with Crippen molar-refractivity contribution in [3.63, 3.8) is 0 Å². The van der Waals surface area contributed by atoms with Crippen molar-refractivity contribution in [2.75, 3.05) is 20.2 Å². The summed E-state index contributed by atoms with van der Waals surface area (Å²) in [5.74, 6) is -0.783. The van der Waals surface area contributed by atoms with E-state index in [0.29, 0.717) is 5.56 Å². The van der Waals surface area contributed by atoms with Crippen LogP contribution in [-0.2, 0) is 9.53 Å². The second-order valence-electron chi connectivity index (χ2n) is 4.33. The summed E-state index contributed by atoms with van der Waals surface area (Å²) in [6.07, 6.45) is 2.06. The molecular weight excluding hydrogens is 301 g/mol. The Labute approximate surface area is 114 Å². The SMILES string of the molecule is COC(=O)C(c1cc(Br)ccc1F)N1CCCC1. The number of halogens is 2. The summed E-state index contributed by atoms with van der Waals surface area (Å²) in [4.78, 5) is 13.9. The lowest BCUT2D eigenvalue weighted by atomic mass is 10.1. The van der Waals surface area contributed by atoms with Crippen LogP contribution in [0.5, 0.6) is 0 Å². The van der Waals surface area contributed by atoms with Crippen molar-refractivity contribution in [3.8, 4) is 0 Å². The van der Waals surface area contributed by atoms with Crippen molar-refractivity contribution in [2.45, 2.75) is 18.9 Å². The number of ether oxygens (including phenoxy) is 1. The molecule has 0 N–H and O–H groups in total. The fraction of sp³-hybridized carbons (Fsp3) is 0.462. The third kappa shape index (κ3) is 2.72. The van der Waals surface area contributed by atoms with Crippen LogP contribution < -0.4 is 0 Å². The molecule has 18 heavy (non-hydrogen) atoms. The number of methoxy groups -OCH3 is 1. The second kappa shape index (κ2) is 5.80. The normalized spacial score (nSPS) is 17.7. The highest BCUT2D eigenvalue weighted by atomic mass is 79.9. The zero-order valence-corrected chi connectivity index (χ0v) is 11.7. The van der Waals surface area contributed by atoms with Crippen molar-refractivity contribution >= 4 is 21.9 Å². The van der Waals surface area contributed by atoms with Crippen LogP contribution in [0.15, 0.2) is 22.7 Å². The smallest absolute Gasteiger partial charge is 0.327 e. The van der Waals surface area contributed by atoms with E-state index in [1.54, 1.807) is 12.1 Å². The monoisotopic (exact) mass is 315 g/mol. The van der Waals surface area contributed by atoms with Crippen molar-refractivity contribution in [1.29, 1.82) is 0 Å². The number of nitrogens with zero attached hydrogens (tertiary/aromatic N) is 1. The molecule has 1 heterocycles. The summed E-state index contributed by atoms with van der Waals surface area (Å²) in [5.41, 5.74) is 0.373. The van der Waals surface area contributed by atoms with Crippen LogP contribution in [0.3, 0.4) is 0 Å². The van der Waals surface area contributed by atoms with E-state index in [1.165, 1.54) is 13.2 Å². The van der Waals surface area contributed by atoms with Gasteiger partial charge in [0.2, 0.25) is 0 Å². The van der Waals surface area contributed by atoms with Crippen molar-refractivity contribution < 1.29 is 13.9 Å². The molecule has 1 unspecified atom stereocenters. The van der Waals surface area contributed by atoms with Gasteiger partial charge in [-0.2, -0.15) is 0 Å². The highest BCUT2D eigenvalue weighted by Gasteiger charge is 2.32. The van der Waals surface area contributed by atoms with Gasteiger partial charge < -0.3 is 4.74 Å². The minimum atomic E-state index is -0.644. The van der Waals surface area contributed by atoms with Crippen LogP contribution in [0.4, 0.5) is 4.39 Å². The van der Waals surface area contributed by atoms with Gasteiger partial charge in [0.05, 0.1) is 7.11 Å². The van der Waals surface area contributed by atoms with E-state index in [-0.39, 0.29) is 5.82 Å². The Morgan fingerprint density at radius 3 is 2.72 bits per heavy atom. The summed E-state index contributed by atoms with van der Waals surface area (Å²) in [5, 5.41) is 0. The zero-order valence-electron chi connectivity index (χ0n) is 10.2. The Balaban J connectivity index is 2.38. The number of esters is 1. The predicted molar refractivity (Wildman–Crippen MR) is 69.7 cm³/mol. The van der Waals surface area contributed by atoms with Gasteiger partial charge >= 0.3 is 5.97 Å². The molecule has 1 aliphatic rings. The van der Waals surface area contributed by atoms with Crippen LogP contribution in [0.2, 0.25) is 0 Å². The Morgan fingerprint density at radius 2 is 2.11 bits per heavy atom. The molecule has 0 aliphatic carbocycles. The standard InChI is InChI=1S/C13H15BrFNO2/c1-18-13(17)12(16-6-2-3-7-16)10-8-9(14)4-5-11(10)15/h4-5,8,12H,2-3,6-7H2,1H3. The minimum absolute atomic E-state index is 0.373. The molecule has 0 spiro atoms. The van der Waals surface area contributed by atoms with E-state index >= 15 is 0 Å². The lowest BCUT2D eigenvalue weighted by molar-refractivity contribution is -0.147. The number of carbonyl (C=O) groups is 1. The first-order valence-electron chi connectivity index (χ1n) is 5.90. The van der Waals surface area contributed by atoms with E-state index in [1.807, 2.05) is 4.90 Å². The highest BCUT2D eigenvalue weighted by molar-refractivity contribution is 9.10. The number of benzene rings is 1. The van der Waals surface area contributed by atoms with E-state index in [9.17, 15) is 9.18 Å². The van der Waals surface area contributed by atoms with Crippen LogP contribution in [-0.4, -0.2) is 31.1 Å². The molecule has 1 aromatic rings. The Hall–Kier alpha value is -0.940. The molecule has 2 rings (SSSR count). The number of hydrogen-bond donors (Lipinski definition) is 0. The first-order valence-corrected chi connectivity index (χ1v) is 6.69. The van der Waals surface area contributed by atoms with E-state index in [0.717, 1.165) is 30.4 Å². The lowest BCUT2D eigenvalue weighted by Crippen LogP contribution is -2.33. The van der Waals surface area contributed by atoms with Crippen molar-refractivity contribution in [2.24, 2.45) is 0 Å². The molecule has 1 atom stereocenters. The fourth-order valence-corrected chi connectivity index (χ4v) is 2.69. The maximum absolute atomic E-state index is 13.9. The molecule has 5 heteroatoms. The van der Waals surface area contributed by atoms with Gasteiger partial charge in [0.15, 0.2) is 0 Å². The van der Waals surface area contributed by atoms with Gasteiger partial charge in [-0.05, 0) is 44.1 Å². The molecule has 3 nitrogen and oxygen atoms in total. The van der Waals surface area contributed by atoms with Crippen LogP contribution in [0.25, 0.3) is 0 Å². The number of rotatable bonds is 3. The number of likely N-dealkylation sites (tertiary alicyclic amines) is 1. The molecule has 0 aromatic heterocycles. The lowest BCUT2D eigenvalue weighted by Gasteiger charge is -2.25.